The molecule has 1 heterocycles. The van der Waals surface area contributed by atoms with Crippen LogP contribution in [0, 0.1) is 10.1 Å². The molecule has 0 N–H and O–H groups in total. The van der Waals surface area contributed by atoms with Gasteiger partial charge in [-0.25, -0.2) is 0 Å². The van der Waals surface area contributed by atoms with Crippen LogP contribution in [-0.4, -0.2) is 23.8 Å². The summed E-state index contributed by atoms with van der Waals surface area (Å²) in [5, 5.41) is 11.9. The number of ketones is 1. The lowest BCUT2D eigenvalue weighted by molar-refractivity contribution is -0.384. The third-order valence-electron chi connectivity index (χ3n) is 3.99. The maximum Gasteiger partial charge on any atom is 0.293 e. The topological polar surface area (TPSA) is 63.5 Å². The number of anilines is 1. The molecule has 0 bridgehead atoms. The van der Waals surface area contributed by atoms with Crippen molar-refractivity contribution < 1.29 is 9.72 Å². The molecule has 1 aliphatic heterocycles. The van der Waals surface area contributed by atoms with Gasteiger partial charge in [-0.3, -0.25) is 14.9 Å². The van der Waals surface area contributed by atoms with Gasteiger partial charge in [-0.2, -0.15) is 0 Å². The number of rotatable bonds is 4. The van der Waals surface area contributed by atoms with Gasteiger partial charge in [0.25, 0.3) is 5.69 Å². The Labute approximate surface area is 138 Å². The minimum atomic E-state index is -0.424. The van der Waals surface area contributed by atoms with Crippen LogP contribution >= 0.6 is 11.6 Å². The normalized spacial score (nSPS) is 14.0. The molecular weight excluding hydrogens is 316 g/mol. The first-order valence-electron chi connectivity index (χ1n) is 7.40. The van der Waals surface area contributed by atoms with E-state index in [1.165, 1.54) is 6.07 Å². The van der Waals surface area contributed by atoms with Gasteiger partial charge in [0.1, 0.15) is 5.69 Å². The van der Waals surface area contributed by atoms with Gasteiger partial charge in [0.2, 0.25) is 0 Å². The molecule has 5 nitrogen and oxygen atoms in total. The lowest BCUT2D eigenvalue weighted by Crippen LogP contribution is -2.19. The molecule has 6 heteroatoms. The van der Waals surface area contributed by atoms with Crippen LogP contribution in [-0.2, 0) is 0 Å². The van der Waals surface area contributed by atoms with E-state index in [1.54, 1.807) is 36.4 Å². The van der Waals surface area contributed by atoms with Crippen molar-refractivity contribution in [2.45, 2.75) is 12.8 Å². The number of hydrogen-bond donors (Lipinski definition) is 0. The molecule has 0 aromatic heterocycles. The number of nitro groups is 1. The molecule has 0 atom stereocenters. The highest BCUT2D eigenvalue weighted by Gasteiger charge is 2.24. The summed E-state index contributed by atoms with van der Waals surface area (Å²) in [6.45, 7) is 1.62. The van der Waals surface area contributed by atoms with Gasteiger partial charge in [0.15, 0.2) is 5.78 Å². The second-order valence-corrected chi connectivity index (χ2v) is 5.93. The summed E-state index contributed by atoms with van der Waals surface area (Å²) in [7, 11) is 0. The van der Waals surface area contributed by atoms with Crippen LogP contribution in [0.15, 0.2) is 42.5 Å². The van der Waals surface area contributed by atoms with Crippen molar-refractivity contribution in [1.82, 2.24) is 0 Å². The molecule has 2 aromatic carbocycles. The van der Waals surface area contributed by atoms with Crippen LogP contribution in [0.2, 0.25) is 5.02 Å². The zero-order valence-electron chi connectivity index (χ0n) is 12.4. The molecule has 0 saturated carbocycles. The number of hydrogen-bond acceptors (Lipinski definition) is 4. The molecule has 2 aromatic rings. The van der Waals surface area contributed by atoms with Gasteiger partial charge < -0.3 is 4.90 Å². The van der Waals surface area contributed by atoms with Crippen molar-refractivity contribution in [3.8, 4) is 0 Å². The van der Waals surface area contributed by atoms with E-state index in [9.17, 15) is 14.9 Å². The molecule has 3 rings (SSSR count). The summed E-state index contributed by atoms with van der Waals surface area (Å²) in [4.78, 5) is 25.4. The molecule has 23 heavy (non-hydrogen) atoms. The lowest BCUT2D eigenvalue weighted by atomic mass is 10.0. The predicted molar refractivity (Wildman–Crippen MR) is 89.4 cm³/mol. The van der Waals surface area contributed by atoms with Crippen LogP contribution in [0.25, 0.3) is 0 Å². The number of halogens is 1. The van der Waals surface area contributed by atoms with Crippen LogP contribution in [0.3, 0.4) is 0 Å². The van der Waals surface area contributed by atoms with Crippen molar-refractivity contribution in [1.29, 1.82) is 0 Å². The molecule has 0 spiro atoms. The molecule has 0 radical (unpaired) electrons. The molecule has 118 valence electrons. The van der Waals surface area contributed by atoms with Crippen LogP contribution < -0.4 is 4.90 Å². The van der Waals surface area contributed by atoms with E-state index in [-0.39, 0.29) is 11.5 Å². The van der Waals surface area contributed by atoms with E-state index >= 15 is 0 Å². The summed E-state index contributed by atoms with van der Waals surface area (Å²) in [6.07, 6.45) is 2.06. The monoisotopic (exact) mass is 330 g/mol. The highest BCUT2D eigenvalue weighted by Crippen LogP contribution is 2.32. The average molecular weight is 331 g/mol. The van der Waals surface area contributed by atoms with Gasteiger partial charge >= 0.3 is 0 Å². The van der Waals surface area contributed by atoms with E-state index in [2.05, 4.69) is 0 Å². The highest BCUT2D eigenvalue weighted by molar-refractivity contribution is 6.30. The maximum atomic E-state index is 12.5. The van der Waals surface area contributed by atoms with Gasteiger partial charge in [0, 0.05) is 35.3 Å². The Morgan fingerprint density at radius 2 is 1.65 bits per heavy atom. The number of nitrogens with zero attached hydrogens (tertiary/aromatic N) is 2. The quantitative estimate of drug-likeness (QED) is 0.481. The molecule has 0 aliphatic carbocycles. The van der Waals surface area contributed by atoms with Gasteiger partial charge in [-0.15, -0.1) is 0 Å². The Morgan fingerprint density at radius 3 is 2.26 bits per heavy atom. The zero-order chi connectivity index (χ0) is 16.4. The van der Waals surface area contributed by atoms with Crippen molar-refractivity contribution in [2.75, 3.05) is 18.0 Å². The third-order valence-corrected chi connectivity index (χ3v) is 4.24. The second kappa shape index (κ2) is 6.38. The molecule has 1 fully saturated rings. The fraction of sp³-hybridized carbons (Fsp3) is 0.235. The van der Waals surface area contributed by atoms with Crippen molar-refractivity contribution in [2.24, 2.45) is 0 Å². The van der Waals surface area contributed by atoms with E-state index in [4.69, 9.17) is 11.6 Å². The average Bonchev–Trinajstić information content (AvgIpc) is 3.08. The van der Waals surface area contributed by atoms with Crippen LogP contribution in [0.4, 0.5) is 11.4 Å². The summed E-state index contributed by atoms with van der Waals surface area (Å²) in [6, 6.07) is 11.2. The smallest absolute Gasteiger partial charge is 0.293 e. The standard InChI is InChI=1S/C17H15ClN2O3/c18-14-6-3-12(4-7-14)17(21)13-5-8-15(16(11-13)20(22)23)19-9-1-2-10-19/h3-8,11H,1-2,9-10H2. The number of carbonyl (C=O) groups excluding carboxylic acids is 1. The van der Waals surface area contributed by atoms with E-state index in [0.717, 1.165) is 25.9 Å². The Bertz CT molecular complexity index is 753. The first-order valence-corrected chi connectivity index (χ1v) is 7.78. The number of benzene rings is 2. The van der Waals surface area contributed by atoms with E-state index in [0.29, 0.717) is 21.8 Å². The first-order chi connectivity index (χ1) is 11.1. The summed E-state index contributed by atoms with van der Waals surface area (Å²) in [5.74, 6) is -0.252. The maximum absolute atomic E-state index is 12.5. The van der Waals surface area contributed by atoms with E-state index in [1.807, 2.05) is 4.90 Å². The summed E-state index contributed by atoms with van der Waals surface area (Å²) < 4.78 is 0. The Balaban J connectivity index is 1.97. The minimum Gasteiger partial charge on any atom is -0.366 e. The van der Waals surface area contributed by atoms with Crippen LogP contribution in [0.5, 0.6) is 0 Å². The lowest BCUT2D eigenvalue weighted by Gasteiger charge is -2.17. The van der Waals surface area contributed by atoms with Crippen molar-refractivity contribution >= 4 is 28.8 Å². The molecule has 0 unspecified atom stereocenters. The highest BCUT2D eigenvalue weighted by atomic mass is 35.5. The predicted octanol–water partition coefficient (Wildman–Crippen LogP) is 4.08. The number of nitro benzene ring substituents is 1. The van der Waals surface area contributed by atoms with Gasteiger partial charge in [-0.05, 0) is 49.2 Å². The fourth-order valence-electron chi connectivity index (χ4n) is 2.80. The number of carbonyl (C=O) groups is 1. The molecule has 0 amide bonds. The summed E-state index contributed by atoms with van der Waals surface area (Å²) in [5.41, 5.74) is 1.33. The fourth-order valence-corrected chi connectivity index (χ4v) is 2.93. The Kier molecular flexibility index (Phi) is 4.30. The SMILES string of the molecule is O=C(c1ccc(Cl)cc1)c1ccc(N2CCCC2)c([N+](=O)[O-])c1. The second-order valence-electron chi connectivity index (χ2n) is 5.49. The first kappa shape index (κ1) is 15.5. The van der Waals surface area contributed by atoms with Gasteiger partial charge in [-0.1, -0.05) is 11.6 Å². The van der Waals surface area contributed by atoms with Gasteiger partial charge in [0.05, 0.1) is 4.92 Å². The Hall–Kier alpha value is -2.40. The molecule has 1 aliphatic rings. The Morgan fingerprint density at radius 1 is 1.04 bits per heavy atom. The van der Waals surface area contributed by atoms with Crippen LogP contribution in [0.1, 0.15) is 28.8 Å². The minimum absolute atomic E-state index is 0.0216. The summed E-state index contributed by atoms with van der Waals surface area (Å²) >= 11 is 5.82. The van der Waals surface area contributed by atoms with Crippen molar-refractivity contribution in [3.05, 3.63) is 68.7 Å². The zero-order valence-corrected chi connectivity index (χ0v) is 13.1. The van der Waals surface area contributed by atoms with Crippen molar-refractivity contribution in [3.63, 3.8) is 0 Å². The largest absolute Gasteiger partial charge is 0.366 e. The third kappa shape index (κ3) is 3.19. The molecule has 1 saturated heterocycles. The van der Waals surface area contributed by atoms with E-state index < -0.39 is 4.92 Å². The molecular formula is C17H15ClN2O3.